The van der Waals surface area contributed by atoms with Gasteiger partial charge in [-0.15, -0.1) is 0 Å². The number of nitrogens with one attached hydrogen (secondary N) is 1. The lowest BCUT2D eigenvalue weighted by Crippen LogP contribution is -2.41. The second-order valence-electron chi connectivity index (χ2n) is 7.84. The van der Waals surface area contributed by atoms with Crippen molar-refractivity contribution in [1.82, 2.24) is 5.32 Å². The molecule has 0 saturated heterocycles. The van der Waals surface area contributed by atoms with Crippen LogP contribution in [0.25, 0.3) is 0 Å². The van der Waals surface area contributed by atoms with Crippen LogP contribution < -0.4 is 14.4 Å². The largest absolute Gasteiger partial charge is 0.496 e. The second-order valence-corrected chi connectivity index (χ2v) is 10.6. The molecular weight excluding hydrogens is 504 g/mol. The summed E-state index contributed by atoms with van der Waals surface area (Å²) in [6.07, 6.45) is 0. The first-order valence-corrected chi connectivity index (χ1v) is 12.6. The Bertz CT molecular complexity index is 1230. The molecule has 3 rings (SSSR count). The van der Waals surface area contributed by atoms with Crippen LogP contribution >= 0.6 is 15.9 Å². The first-order valence-electron chi connectivity index (χ1n) is 10.4. The third-order valence-electron chi connectivity index (χ3n) is 5.28. The van der Waals surface area contributed by atoms with Crippen molar-refractivity contribution in [2.75, 3.05) is 18.0 Å². The lowest BCUT2D eigenvalue weighted by molar-refractivity contribution is -0.120. The van der Waals surface area contributed by atoms with Gasteiger partial charge in [-0.1, -0.05) is 47.5 Å². The van der Waals surface area contributed by atoms with E-state index < -0.39 is 15.9 Å². The Hall–Kier alpha value is -2.84. The van der Waals surface area contributed by atoms with Gasteiger partial charge in [0.2, 0.25) is 5.91 Å². The first-order chi connectivity index (χ1) is 15.6. The zero-order valence-electron chi connectivity index (χ0n) is 19.0. The molecule has 6 nitrogen and oxygen atoms in total. The number of aryl methyl sites for hydroxylation is 2. The molecule has 0 aliphatic rings. The number of nitrogens with zero attached hydrogens (tertiary/aromatic N) is 1. The maximum atomic E-state index is 13.6. The minimum atomic E-state index is -4.03. The molecule has 0 bridgehead atoms. The summed E-state index contributed by atoms with van der Waals surface area (Å²) in [5, 5.41) is 2.91. The Labute approximate surface area is 203 Å². The fraction of sp³-hybridized carbons (Fsp3) is 0.240. The van der Waals surface area contributed by atoms with Crippen molar-refractivity contribution in [2.24, 2.45) is 0 Å². The molecule has 0 radical (unpaired) electrons. The SMILES string of the molecule is COc1ccc(S(=O)(=O)N(CC(=O)N[C@@H](C)c2ccc(C)cc2)c2ccc(C)cc2)cc1Br. The number of hydrogen-bond acceptors (Lipinski definition) is 4. The van der Waals surface area contributed by atoms with Gasteiger partial charge in [-0.2, -0.15) is 0 Å². The molecule has 3 aromatic rings. The highest BCUT2D eigenvalue weighted by atomic mass is 79.9. The van der Waals surface area contributed by atoms with E-state index in [1.165, 1.54) is 19.2 Å². The van der Waals surface area contributed by atoms with Crippen molar-refractivity contribution in [3.05, 3.63) is 87.9 Å². The third kappa shape index (κ3) is 5.94. The van der Waals surface area contributed by atoms with Crippen LogP contribution in [0.3, 0.4) is 0 Å². The van der Waals surface area contributed by atoms with Crippen LogP contribution in [-0.4, -0.2) is 28.0 Å². The molecule has 33 heavy (non-hydrogen) atoms. The summed E-state index contributed by atoms with van der Waals surface area (Å²) < 4.78 is 34.0. The predicted octanol–water partition coefficient (Wildman–Crippen LogP) is 5.15. The number of sulfonamides is 1. The Morgan fingerprint density at radius 2 is 1.58 bits per heavy atom. The Balaban J connectivity index is 1.91. The van der Waals surface area contributed by atoms with Crippen molar-refractivity contribution < 1.29 is 17.9 Å². The zero-order chi connectivity index (χ0) is 24.2. The molecule has 0 fully saturated rings. The summed E-state index contributed by atoms with van der Waals surface area (Å²) in [7, 11) is -2.52. The molecule has 0 aromatic heterocycles. The summed E-state index contributed by atoms with van der Waals surface area (Å²) in [5.41, 5.74) is 3.46. The maximum absolute atomic E-state index is 13.6. The molecule has 0 saturated carbocycles. The highest BCUT2D eigenvalue weighted by molar-refractivity contribution is 9.10. The second kappa shape index (κ2) is 10.4. The van der Waals surface area contributed by atoms with E-state index in [-0.39, 0.29) is 17.5 Å². The first kappa shape index (κ1) is 24.8. The van der Waals surface area contributed by atoms with Gasteiger partial charge < -0.3 is 10.1 Å². The van der Waals surface area contributed by atoms with Crippen LogP contribution in [0.1, 0.15) is 29.7 Å². The average molecular weight is 531 g/mol. The van der Waals surface area contributed by atoms with Gasteiger partial charge in [0.15, 0.2) is 0 Å². The topological polar surface area (TPSA) is 75.7 Å². The standard InChI is InChI=1S/C25H27BrN2O4S/c1-17-5-9-20(10-6-17)19(3)27-25(29)16-28(21-11-7-18(2)8-12-21)33(30,31)22-13-14-24(32-4)23(26)15-22/h5-15,19H,16H2,1-4H3,(H,27,29)/t19-/m0/s1. The molecule has 1 amide bonds. The lowest BCUT2D eigenvalue weighted by Gasteiger charge is -2.25. The summed E-state index contributed by atoms with van der Waals surface area (Å²) in [6, 6.07) is 19.1. The number of rotatable bonds is 8. The Morgan fingerprint density at radius 1 is 1.00 bits per heavy atom. The van der Waals surface area contributed by atoms with Crippen LogP contribution in [-0.2, 0) is 14.8 Å². The minimum absolute atomic E-state index is 0.0510. The van der Waals surface area contributed by atoms with E-state index in [4.69, 9.17) is 4.74 Å². The predicted molar refractivity (Wildman–Crippen MR) is 134 cm³/mol. The molecule has 3 aromatic carbocycles. The Morgan fingerprint density at radius 3 is 2.12 bits per heavy atom. The van der Waals surface area contributed by atoms with Gasteiger partial charge in [0, 0.05) is 0 Å². The Kier molecular flexibility index (Phi) is 7.81. The molecule has 0 spiro atoms. The molecule has 0 unspecified atom stereocenters. The fourth-order valence-electron chi connectivity index (χ4n) is 3.32. The molecular formula is C25H27BrN2O4S. The van der Waals surface area contributed by atoms with Gasteiger partial charge in [-0.05, 0) is 72.6 Å². The highest BCUT2D eigenvalue weighted by Crippen LogP contribution is 2.31. The molecule has 1 N–H and O–H groups in total. The van der Waals surface area contributed by atoms with Gasteiger partial charge in [-0.3, -0.25) is 9.10 Å². The van der Waals surface area contributed by atoms with Crippen LogP contribution in [0, 0.1) is 13.8 Å². The highest BCUT2D eigenvalue weighted by Gasteiger charge is 2.28. The molecule has 0 aliphatic carbocycles. The van der Waals surface area contributed by atoms with Crippen molar-refractivity contribution in [2.45, 2.75) is 31.7 Å². The van der Waals surface area contributed by atoms with E-state index in [0.29, 0.717) is 15.9 Å². The maximum Gasteiger partial charge on any atom is 0.264 e. The molecule has 174 valence electrons. The van der Waals surface area contributed by atoms with Crippen LogP contribution in [0.5, 0.6) is 5.75 Å². The van der Waals surface area contributed by atoms with Gasteiger partial charge in [0.25, 0.3) is 10.0 Å². The monoisotopic (exact) mass is 530 g/mol. The summed E-state index contributed by atoms with van der Waals surface area (Å²) in [6.45, 7) is 5.42. The molecule has 0 heterocycles. The van der Waals surface area contributed by atoms with Gasteiger partial charge in [0.05, 0.1) is 28.2 Å². The smallest absolute Gasteiger partial charge is 0.264 e. The van der Waals surface area contributed by atoms with Crippen LogP contribution in [0.2, 0.25) is 0 Å². The van der Waals surface area contributed by atoms with E-state index in [0.717, 1.165) is 21.0 Å². The van der Waals surface area contributed by atoms with Crippen molar-refractivity contribution >= 4 is 37.5 Å². The van der Waals surface area contributed by atoms with E-state index >= 15 is 0 Å². The van der Waals surface area contributed by atoms with Crippen molar-refractivity contribution in [3.8, 4) is 5.75 Å². The number of anilines is 1. The quantitative estimate of drug-likeness (QED) is 0.437. The fourth-order valence-corrected chi connectivity index (χ4v) is 5.46. The zero-order valence-corrected chi connectivity index (χ0v) is 21.4. The minimum Gasteiger partial charge on any atom is -0.496 e. The number of amides is 1. The summed E-state index contributed by atoms with van der Waals surface area (Å²) in [5.74, 6) is 0.111. The van der Waals surface area contributed by atoms with E-state index in [1.54, 1.807) is 18.2 Å². The summed E-state index contributed by atoms with van der Waals surface area (Å²) in [4.78, 5) is 13.0. The van der Waals surface area contributed by atoms with E-state index in [2.05, 4.69) is 21.2 Å². The third-order valence-corrected chi connectivity index (χ3v) is 7.66. The van der Waals surface area contributed by atoms with E-state index in [9.17, 15) is 13.2 Å². The number of benzene rings is 3. The molecule has 0 aliphatic heterocycles. The number of hydrogen-bond donors (Lipinski definition) is 1. The number of ether oxygens (including phenoxy) is 1. The number of methoxy groups -OCH3 is 1. The van der Waals surface area contributed by atoms with Crippen molar-refractivity contribution in [1.29, 1.82) is 0 Å². The molecule has 8 heteroatoms. The average Bonchev–Trinajstić information content (AvgIpc) is 2.78. The number of carbonyl (C=O) groups excluding carboxylic acids is 1. The number of halogens is 1. The summed E-state index contributed by atoms with van der Waals surface area (Å²) >= 11 is 3.34. The van der Waals surface area contributed by atoms with E-state index in [1.807, 2.05) is 57.2 Å². The lowest BCUT2D eigenvalue weighted by atomic mass is 10.1. The molecule has 1 atom stereocenters. The van der Waals surface area contributed by atoms with Gasteiger partial charge in [-0.25, -0.2) is 8.42 Å². The van der Waals surface area contributed by atoms with Crippen LogP contribution in [0.4, 0.5) is 5.69 Å². The number of carbonyl (C=O) groups is 1. The van der Waals surface area contributed by atoms with Crippen molar-refractivity contribution in [3.63, 3.8) is 0 Å². The van der Waals surface area contributed by atoms with Crippen LogP contribution in [0.15, 0.2) is 76.1 Å². The normalized spacial score (nSPS) is 12.2. The van der Waals surface area contributed by atoms with Gasteiger partial charge >= 0.3 is 0 Å². The van der Waals surface area contributed by atoms with Gasteiger partial charge in [0.1, 0.15) is 12.3 Å².